The highest BCUT2D eigenvalue weighted by atomic mass is 16.3. The largest absolute Gasteiger partial charge is 0.393 e. The van der Waals surface area contributed by atoms with Gasteiger partial charge >= 0.3 is 0 Å². The third-order valence-corrected chi connectivity index (χ3v) is 3.34. The molecule has 16 heavy (non-hydrogen) atoms. The Hall–Kier alpha value is -0.860. The molecule has 0 aliphatic carbocycles. The summed E-state index contributed by atoms with van der Waals surface area (Å²) >= 11 is 0. The highest BCUT2D eigenvalue weighted by Crippen LogP contribution is 2.15. The molecular formula is C14H23NO. The molecule has 0 saturated carbocycles. The van der Waals surface area contributed by atoms with Crippen LogP contribution in [-0.2, 0) is 6.42 Å². The number of aryl methyl sites for hydroxylation is 2. The molecule has 2 nitrogen and oxygen atoms in total. The fourth-order valence-electron chi connectivity index (χ4n) is 2.03. The molecule has 0 aromatic heterocycles. The molecule has 0 saturated heterocycles. The summed E-state index contributed by atoms with van der Waals surface area (Å²) in [6.45, 7) is 4.77. The number of aliphatic hydroxyl groups is 1. The maximum absolute atomic E-state index is 9.98. The normalized spacial score (nSPS) is 14.8. The lowest BCUT2D eigenvalue weighted by atomic mass is 9.93. The van der Waals surface area contributed by atoms with Gasteiger partial charge < -0.3 is 10.8 Å². The molecule has 0 aliphatic rings. The highest BCUT2D eigenvalue weighted by Gasteiger charge is 2.15. The average molecular weight is 221 g/mol. The van der Waals surface area contributed by atoms with Crippen molar-refractivity contribution in [1.82, 2.24) is 0 Å². The van der Waals surface area contributed by atoms with E-state index in [4.69, 9.17) is 5.73 Å². The van der Waals surface area contributed by atoms with Crippen LogP contribution in [0.2, 0.25) is 0 Å². The van der Waals surface area contributed by atoms with Gasteiger partial charge in [0.05, 0.1) is 6.10 Å². The molecule has 0 fully saturated rings. The van der Waals surface area contributed by atoms with E-state index in [0.717, 1.165) is 19.3 Å². The van der Waals surface area contributed by atoms with E-state index in [1.165, 1.54) is 11.1 Å². The Morgan fingerprint density at radius 3 is 2.56 bits per heavy atom. The first-order chi connectivity index (χ1) is 7.69. The van der Waals surface area contributed by atoms with Crippen LogP contribution in [0.25, 0.3) is 0 Å². The van der Waals surface area contributed by atoms with Crippen LogP contribution >= 0.6 is 0 Å². The van der Waals surface area contributed by atoms with E-state index in [0.29, 0.717) is 6.54 Å². The third-order valence-electron chi connectivity index (χ3n) is 3.34. The fraction of sp³-hybridized carbons (Fsp3) is 0.571. The Morgan fingerprint density at radius 2 is 2.00 bits per heavy atom. The highest BCUT2D eigenvalue weighted by molar-refractivity contribution is 5.25. The molecule has 2 atom stereocenters. The van der Waals surface area contributed by atoms with Crippen LogP contribution in [0.3, 0.4) is 0 Å². The summed E-state index contributed by atoms with van der Waals surface area (Å²) in [6, 6.07) is 8.34. The first-order valence-electron chi connectivity index (χ1n) is 6.11. The fourth-order valence-corrected chi connectivity index (χ4v) is 2.03. The van der Waals surface area contributed by atoms with E-state index >= 15 is 0 Å². The molecule has 90 valence electrons. The molecule has 0 amide bonds. The summed E-state index contributed by atoms with van der Waals surface area (Å²) in [5.74, 6) is 0.240. The van der Waals surface area contributed by atoms with Gasteiger partial charge in [-0.05, 0) is 49.8 Å². The van der Waals surface area contributed by atoms with Crippen molar-refractivity contribution < 1.29 is 5.11 Å². The molecule has 1 rings (SSSR count). The summed E-state index contributed by atoms with van der Waals surface area (Å²) in [7, 11) is 0. The summed E-state index contributed by atoms with van der Waals surface area (Å²) in [6.07, 6.45) is 2.42. The molecule has 2 heteroatoms. The van der Waals surface area contributed by atoms with Crippen molar-refractivity contribution >= 4 is 0 Å². The van der Waals surface area contributed by atoms with Gasteiger partial charge in [-0.15, -0.1) is 0 Å². The van der Waals surface area contributed by atoms with E-state index in [9.17, 15) is 5.11 Å². The zero-order valence-corrected chi connectivity index (χ0v) is 10.3. The second-order valence-electron chi connectivity index (χ2n) is 4.44. The Bertz CT molecular complexity index is 307. The Morgan fingerprint density at radius 1 is 1.31 bits per heavy atom. The zero-order chi connectivity index (χ0) is 12.0. The summed E-state index contributed by atoms with van der Waals surface area (Å²) in [4.78, 5) is 0. The maximum Gasteiger partial charge on any atom is 0.0583 e. The van der Waals surface area contributed by atoms with Gasteiger partial charge in [0.15, 0.2) is 0 Å². The SMILES string of the molecule is CCC(CN)C(O)CCc1ccccc1C. The van der Waals surface area contributed by atoms with Crippen molar-refractivity contribution in [3.05, 3.63) is 35.4 Å². The predicted molar refractivity (Wildman–Crippen MR) is 68.3 cm³/mol. The standard InChI is InChI=1S/C14H23NO/c1-3-12(10-15)14(16)9-8-13-7-5-4-6-11(13)2/h4-7,12,14,16H,3,8-10,15H2,1-2H3. The molecule has 0 bridgehead atoms. The van der Waals surface area contributed by atoms with Crippen LogP contribution < -0.4 is 5.73 Å². The van der Waals surface area contributed by atoms with Crippen molar-refractivity contribution in [1.29, 1.82) is 0 Å². The van der Waals surface area contributed by atoms with Crippen LogP contribution in [0.15, 0.2) is 24.3 Å². The molecule has 2 unspecified atom stereocenters. The Kier molecular flexibility index (Phi) is 5.50. The van der Waals surface area contributed by atoms with Gasteiger partial charge in [0.25, 0.3) is 0 Å². The number of hydrogen-bond donors (Lipinski definition) is 2. The van der Waals surface area contributed by atoms with Crippen LogP contribution in [-0.4, -0.2) is 17.8 Å². The van der Waals surface area contributed by atoms with Crippen molar-refractivity contribution in [3.63, 3.8) is 0 Å². The lowest BCUT2D eigenvalue weighted by Gasteiger charge is -2.20. The molecular weight excluding hydrogens is 198 g/mol. The van der Waals surface area contributed by atoms with Gasteiger partial charge in [0.1, 0.15) is 0 Å². The van der Waals surface area contributed by atoms with E-state index in [1.807, 2.05) is 6.07 Å². The van der Waals surface area contributed by atoms with E-state index in [-0.39, 0.29) is 12.0 Å². The van der Waals surface area contributed by atoms with Crippen molar-refractivity contribution in [2.45, 2.75) is 39.2 Å². The van der Waals surface area contributed by atoms with E-state index in [2.05, 4.69) is 32.0 Å². The number of rotatable bonds is 6. The number of benzene rings is 1. The second-order valence-corrected chi connectivity index (χ2v) is 4.44. The number of nitrogens with two attached hydrogens (primary N) is 1. The molecule has 0 aliphatic heterocycles. The average Bonchev–Trinajstić information content (AvgIpc) is 2.29. The smallest absolute Gasteiger partial charge is 0.0583 e. The third kappa shape index (κ3) is 3.62. The molecule has 0 radical (unpaired) electrons. The minimum absolute atomic E-state index is 0.240. The topological polar surface area (TPSA) is 46.2 Å². The monoisotopic (exact) mass is 221 g/mol. The Balaban J connectivity index is 2.48. The molecule has 0 heterocycles. The quantitative estimate of drug-likeness (QED) is 0.774. The summed E-state index contributed by atoms with van der Waals surface area (Å²) in [5, 5.41) is 9.98. The molecule has 3 N–H and O–H groups in total. The lowest BCUT2D eigenvalue weighted by Crippen LogP contribution is -2.27. The first-order valence-corrected chi connectivity index (χ1v) is 6.11. The zero-order valence-electron chi connectivity index (χ0n) is 10.3. The second kappa shape index (κ2) is 6.66. The predicted octanol–water partition coefficient (Wildman–Crippen LogP) is 2.27. The van der Waals surface area contributed by atoms with Crippen LogP contribution in [0.5, 0.6) is 0 Å². The van der Waals surface area contributed by atoms with Gasteiger partial charge in [-0.2, -0.15) is 0 Å². The van der Waals surface area contributed by atoms with E-state index in [1.54, 1.807) is 0 Å². The number of aliphatic hydroxyl groups excluding tert-OH is 1. The van der Waals surface area contributed by atoms with Crippen molar-refractivity contribution in [3.8, 4) is 0 Å². The molecule has 1 aromatic carbocycles. The van der Waals surface area contributed by atoms with Gasteiger partial charge in [0, 0.05) is 0 Å². The molecule has 0 spiro atoms. The van der Waals surface area contributed by atoms with Crippen LogP contribution in [0.1, 0.15) is 30.9 Å². The summed E-state index contributed by atoms with van der Waals surface area (Å²) < 4.78 is 0. The summed E-state index contributed by atoms with van der Waals surface area (Å²) in [5.41, 5.74) is 8.25. The first kappa shape index (κ1) is 13.2. The lowest BCUT2D eigenvalue weighted by molar-refractivity contribution is 0.101. The van der Waals surface area contributed by atoms with Gasteiger partial charge in [-0.1, -0.05) is 31.2 Å². The number of hydrogen-bond acceptors (Lipinski definition) is 2. The van der Waals surface area contributed by atoms with E-state index < -0.39 is 0 Å². The van der Waals surface area contributed by atoms with Crippen molar-refractivity contribution in [2.75, 3.05) is 6.54 Å². The van der Waals surface area contributed by atoms with Crippen molar-refractivity contribution in [2.24, 2.45) is 11.7 Å². The molecule has 1 aromatic rings. The maximum atomic E-state index is 9.98. The van der Waals surface area contributed by atoms with Gasteiger partial charge in [0.2, 0.25) is 0 Å². The minimum atomic E-state index is -0.269. The van der Waals surface area contributed by atoms with Crippen LogP contribution in [0.4, 0.5) is 0 Å². The Labute approximate surface area is 98.5 Å². The van der Waals surface area contributed by atoms with Gasteiger partial charge in [-0.25, -0.2) is 0 Å². The minimum Gasteiger partial charge on any atom is -0.393 e. The van der Waals surface area contributed by atoms with Crippen LogP contribution in [0, 0.1) is 12.8 Å². The van der Waals surface area contributed by atoms with Gasteiger partial charge in [-0.3, -0.25) is 0 Å².